The molecule has 0 amide bonds. The van der Waals surface area contributed by atoms with Crippen molar-refractivity contribution in [3.8, 4) is 0 Å². The molecule has 0 bridgehead atoms. The van der Waals surface area contributed by atoms with Crippen molar-refractivity contribution in [2.45, 2.75) is 32.0 Å². The zero-order valence-corrected chi connectivity index (χ0v) is 11.2. The summed E-state index contributed by atoms with van der Waals surface area (Å²) in [5, 5.41) is 0. The molecule has 1 aliphatic rings. The second-order valence-electron chi connectivity index (χ2n) is 4.52. The molecule has 1 saturated carbocycles. The summed E-state index contributed by atoms with van der Waals surface area (Å²) in [7, 11) is 0. The number of rotatable bonds is 4. The molecule has 17 heavy (non-hydrogen) atoms. The zero-order chi connectivity index (χ0) is 12.3. The lowest BCUT2D eigenvalue weighted by molar-refractivity contribution is 0.0182. The standard InChI is InChI=1S/C13H17BrFNO/c14-11-6-9(4-5-12(11)15)8-17-13-3-1-2-10(13)7-16/h4-6,10,13H,1-3,7-8,16H2. The Hall–Kier alpha value is -0.450. The maximum Gasteiger partial charge on any atom is 0.137 e. The number of halogens is 2. The molecule has 2 atom stereocenters. The highest BCUT2D eigenvalue weighted by Crippen LogP contribution is 2.28. The van der Waals surface area contributed by atoms with Crippen molar-refractivity contribution in [3.05, 3.63) is 34.1 Å². The fourth-order valence-corrected chi connectivity index (χ4v) is 2.75. The van der Waals surface area contributed by atoms with Gasteiger partial charge in [-0.15, -0.1) is 0 Å². The summed E-state index contributed by atoms with van der Waals surface area (Å²) in [6, 6.07) is 4.98. The second-order valence-corrected chi connectivity index (χ2v) is 5.38. The van der Waals surface area contributed by atoms with Gasteiger partial charge in [0.1, 0.15) is 5.82 Å². The van der Waals surface area contributed by atoms with Crippen LogP contribution in [0.4, 0.5) is 4.39 Å². The summed E-state index contributed by atoms with van der Waals surface area (Å²) < 4.78 is 19.4. The molecule has 2 N–H and O–H groups in total. The van der Waals surface area contributed by atoms with Crippen LogP contribution in [0.15, 0.2) is 22.7 Å². The van der Waals surface area contributed by atoms with Crippen molar-refractivity contribution in [2.24, 2.45) is 11.7 Å². The first-order valence-electron chi connectivity index (χ1n) is 5.96. The Morgan fingerprint density at radius 2 is 2.24 bits per heavy atom. The van der Waals surface area contributed by atoms with E-state index >= 15 is 0 Å². The van der Waals surface area contributed by atoms with Crippen molar-refractivity contribution >= 4 is 15.9 Å². The lowest BCUT2D eigenvalue weighted by Gasteiger charge is -2.18. The predicted molar refractivity (Wildman–Crippen MR) is 69.1 cm³/mol. The van der Waals surface area contributed by atoms with Gasteiger partial charge in [-0.1, -0.05) is 12.5 Å². The number of ether oxygens (including phenoxy) is 1. The van der Waals surface area contributed by atoms with Gasteiger partial charge in [0.25, 0.3) is 0 Å². The Balaban J connectivity index is 1.91. The maximum atomic E-state index is 13.1. The van der Waals surface area contributed by atoms with E-state index in [2.05, 4.69) is 15.9 Å². The molecular weight excluding hydrogens is 285 g/mol. The van der Waals surface area contributed by atoms with Crippen molar-refractivity contribution in [3.63, 3.8) is 0 Å². The Morgan fingerprint density at radius 1 is 1.41 bits per heavy atom. The van der Waals surface area contributed by atoms with Gasteiger partial charge in [0, 0.05) is 0 Å². The number of benzene rings is 1. The van der Waals surface area contributed by atoms with E-state index in [1.807, 2.05) is 0 Å². The molecule has 2 rings (SSSR count). The molecule has 1 aromatic carbocycles. The monoisotopic (exact) mass is 301 g/mol. The minimum Gasteiger partial charge on any atom is -0.373 e. The van der Waals surface area contributed by atoms with Crippen molar-refractivity contribution in [1.29, 1.82) is 0 Å². The van der Waals surface area contributed by atoms with Crippen LogP contribution < -0.4 is 5.73 Å². The third kappa shape index (κ3) is 3.27. The van der Waals surface area contributed by atoms with Crippen LogP contribution in [0.25, 0.3) is 0 Å². The fourth-order valence-electron chi connectivity index (χ4n) is 2.32. The van der Waals surface area contributed by atoms with Crippen LogP contribution in [0, 0.1) is 11.7 Å². The largest absolute Gasteiger partial charge is 0.373 e. The zero-order valence-electron chi connectivity index (χ0n) is 9.66. The molecule has 2 nitrogen and oxygen atoms in total. The molecule has 4 heteroatoms. The molecule has 0 aromatic heterocycles. The van der Waals surface area contributed by atoms with Gasteiger partial charge >= 0.3 is 0 Å². The number of hydrogen-bond donors (Lipinski definition) is 1. The average molecular weight is 302 g/mol. The highest BCUT2D eigenvalue weighted by molar-refractivity contribution is 9.10. The summed E-state index contributed by atoms with van der Waals surface area (Å²) >= 11 is 3.17. The van der Waals surface area contributed by atoms with E-state index in [4.69, 9.17) is 10.5 Å². The Labute approximate surface area is 109 Å². The Morgan fingerprint density at radius 3 is 2.94 bits per heavy atom. The van der Waals surface area contributed by atoms with Crippen LogP contribution in [0.5, 0.6) is 0 Å². The SMILES string of the molecule is NCC1CCCC1OCc1ccc(F)c(Br)c1. The van der Waals surface area contributed by atoms with Gasteiger partial charge in [-0.05, 0) is 58.9 Å². The number of hydrogen-bond acceptors (Lipinski definition) is 2. The minimum absolute atomic E-state index is 0.241. The van der Waals surface area contributed by atoms with E-state index in [0.717, 1.165) is 18.4 Å². The fraction of sp³-hybridized carbons (Fsp3) is 0.538. The van der Waals surface area contributed by atoms with E-state index in [9.17, 15) is 4.39 Å². The van der Waals surface area contributed by atoms with Gasteiger partial charge in [-0.2, -0.15) is 0 Å². The summed E-state index contributed by atoms with van der Waals surface area (Å²) in [6.07, 6.45) is 3.71. The Bertz CT molecular complexity index is 386. The van der Waals surface area contributed by atoms with Crippen LogP contribution in [0.1, 0.15) is 24.8 Å². The van der Waals surface area contributed by atoms with Crippen LogP contribution in [-0.2, 0) is 11.3 Å². The van der Waals surface area contributed by atoms with Crippen molar-refractivity contribution < 1.29 is 9.13 Å². The molecule has 0 aliphatic heterocycles. The van der Waals surface area contributed by atoms with Gasteiger partial charge in [-0.25, -0.2) is 4.39 Å². The maximum absolute atomic E-state index is 13.1. The van der Waals surface area contributed by atoms with Gasteiger partial charge < -0.3 is 10.5 Å². The topological polar surface area (TPSA) is 35.2 Å². The summed E-state index contributed by atoms with van der Waals surface area (Å²) in [4.78, 5) is 0. The van der Waals surface area contributed by atoms with Crippen LogP contribution >= 0.6 is 15.9 Å². The minimum atomic E-state index is -0.241. The molecule has 1 fully saturated rings. The average Bonchev–Trinajstić information content (AvgIpc) is 2.78. The molecule has 1 aromatic rings. The van der Waals surface area contributed by atoms with Crippen LogP contribution in [-0.4, -0.2) is 12.6 Å². The summed E-state index contributed by atoms with van der Waals surface area (Å²) in [5.74, 6) is 0.244. The van der Waals surface area contributed by atoms with Gasteiger partial charge in [0.2, 0.25) is 0 Å². The molecular formula is C13H17BrFNO. The Kier molecular flexibility index (Phi) is 4.54. The normalized spacial score (nSPS) is 24.2. The highest BCUT2D eigenvalue weighted by atomic mass is 79.9. The van der Waals surface area contributed by atoms with E-state index in [1.165, 1.54) is 12.5 Å². The lowest BCUT2D eigenvalue weighted by Crippen LogP contribution is -2.25. The molecule has 94 valence electrons. The van der Waals surface area contributed by atoms with E-state index in [-0.39, 0.29) is 11.9 Å². The summed E-state index contributed by atoms with van der Waals surface area (Å²) in [6.45, 7) is 1.22. The summed E-state index contributed by atoms with van der Waals surface area (Å²) in [5.41, 5.74) is 6.69. The van der Waals surface area contributed by atoms with E-state index in [1.54, 1.807) is 12.1 Å². The molecule has 0 spiro atoms. The molecule has 0 radical (unpaired) electrons. The van der Waals surface area contributed by atoms with Crippen molar-refractivity contribution in [1.82, 2.24) is 0 Å². The lowest BCUT2D eigenvalue weighted by atomic mass is 10.1. The third-order valence-electron chi connectivity index (χ3n) is 3.34. The van der Waals surface area contributed by atoms with Gasteiger partial charge in [0.05, 0.1) is 17.2 Å². The molecule has 2 unspecified atom stereocenters. The van der Waals surface area contributed by atoms with E-state index in [0.29, 0.717) is 23.5 Å². The quantitative estimate of drug-likeness (QED) is 0.927. The third-order valence-corrected chi connectivity index (χ3v) is 3.95. The number of nitrogens with two attached hydrogens (primary N) is 1. The first-order valence-corrected chi connectivity index (χ1v) is 6.75. The first kappa shape index (κ1) is 13.0. The highest BCUT2D eigenvalue weighted by Gasteiger charge is 2.26. The molecule has 0 saturated heterocycles. The van der Waals surface area contributed by atoms with E-state index < -0.39 is 0 Å². The van der Waals surface area contributed by atoms with Crippen LogP contribution in [0.3, 0.4) is 0 Å². The predicted octanol–water partition coefficient (Wildman–Crippen LogP) is 3.23. The molecule has 1 aliphatic carbocycles. The van der Waals surface area contributed by atoms with Gasteiger partial charge in [0.15, 0.2) is 0 Å². The van der Waals surface area contributed by atoms with Crippen LogP contribution in [0.2, 0.25) is 0 Å². The smallest absolute Gasteiger partial charge is 0.137 e. The molecule has 0 heterocycles. The van der Waals surface area contributed by atoms with Crippen molar-refractivity contribution in [2.75, 3.05) is 6.54 Å². The van der Waals surface area contributed by atoms with Gasteiger partial charge in [-0.3, -0.25) is 0 Å². The second kappa shape index (κ2) is 5.94. The first-order chi connectivity index (χ1) is 8.20.